The van der Waals surface area contributed by atoms with Gasteiger partial charge in [-0.25, -0.2) is 4.79 Å². The average molecular weight is 270 g/mol. The van der Waals surface area contributed by atoms with E-state index in [9.17, 15) is 9.90 Å². The molecule has 0 bridgehead atoms. The fourth-order valence-electron chi connectivity index (χ4n) is 3.25. The quantitative estimate of drug-likeness (QED) is 0.814. The first kappa shape index (κ1) is 14.6. The topological polar surface area (TPSA) is 61.8 Å². The van der Waals surface area contributed by atoms with Gasteiger partial charge in [0.1, 0.15) is 0 Å². The number of nitrogens with one attached hydrogen (secondary N) is 1. The highest BCUT2D eigenvalue weighted by atomic mass is 16.5. The van der Waals surface area contributed by atoms with Crippen LogP contribution >= 0.6 is 0 Å². The molecule has 2 rings (SSSR count). The molecule has 1 saturated heterocycles. The number of methoxy groups -OCH3 is 1. The highest BCUT2D eigenvalue weighted by Crippen LogP contribution is 2.51. The summed E-state index contributed by atoms with van der Waals surface area (Å²) in [6.07, 6.45) is 2.70. The van der Waals surface area contributed by atoms with Gasteiger partial charge in [-0.3, -0.25) is 0 Å². The van der Waals surface area contributed by atoms with Gasteiger partial charge in [0.05, 0.1) is 18.2 Å². The first-order chi connectivity index (χ1) is 8.85. The lowest BCUT2D eigenvalue weighted by Crippen LogP contribution is -2.69. The van der Waals surface area contributed by atoms with Crippen LogP contribution in [-0.4, -0.2) is 54.0 Å². The van der Waals surface area contributed by atoms with Crippen molar-refractivity contribution in [1.82, 2.24) is 10.2 Å². The largest absolute Gasteiger partial charge is 0.394 e. The second-order valence-corrected chi connectivity index (χ2v) is 6.53. The number of rotatable bonds is 3. The van der Waals surface area contributed by atoms with Gasteiger partial charge in [-0.05, 0) is 26.2 Å². The minimum absolute atomic E-state index is 0.0167. The van der Waals surface area contributed by atoms with E-state index in [0.717, 1.165) is 25.8 Å². The molecule has 2 N–H and O–H groups in total. The Morgan fingerprint density at radius 1 is 1.47 bits per heavy atom. The zero-order valence-corrected chi connectivity index (χ0v) is 12.4. The third-order valence-electron chi connectivity index (χ3n) is 5.42. The van der Waals surface area contributed by atoms with E-state index in [-0.39, 0.29) is 35.7 Å². The number of hydrogen-bond acceptors (Lipinski definition) is 3. The van der Waals surface area contributed by atoms with Crippen molar-refractivity contribution in [2.24, 2.45) is 5.41 Å². The minimum atomic E-state index is -0.174. The highest BCUT2D eigenvalue weighted by molar-refractivity contribution is 5.75. The van der Waals surface area contributed by atoms with Gasteiger partial charge in [0, 0.05) is 25.1 Å². The lowest BCUT2D eigenvalue weighted by Gasteiger charge is -2.59. The molecular formula is C14H26N2O3. The average Bonchev–Trinajstić information content (AvgIpc) is 2.86. The number of aliphatic hydroxyl groups is 1. The van der Waals surface area contributed by atoms with Crippen LogP contribution in [0.1, 0.15) is 40.0 Å². The number of likely N-dealkylation sites (tertiary alicyclic amines) is 1. The zero-order chi connectivity index (χ0) is 14.3. The molecule has 110 valence electrons. The van der Waals surface area contributed by atoms with Crippen LogP contribution in [0.4, 0.5) is 4.79 Å². The van der Waals surface area contributed by atoms with Gasteiger partial charge in [0.2, 0.25) is 0 Å². The molecule has 0 unspecified atom stereocenters. The van der Waals surface area contributed by atoms with Crippen LogP contribution < -0.4 is 5.32 Å². The molecule has 2 aliphatic rings. The summed E-state index contributed by atoms with van der Waals surface area (Å²) in [6, 6.07) is 0.0645. The summed E-state index contributed by atoms with van der Waals surface area (Å²) in [5.41, 5.74) is -0.252. The smallest absolute Gasteiger partial charge is 0.317 e. The first-order valence-electron chi connectivity index (χ1n) is 7.09. The fraction of sp³-hybridized carbons (Fsp3) is 0.929. The Morgan fingerprint density at radius 2 is 2.16 bits per heavy atom. The third-order valence-corrected chi connectivity index (χ3v) is 5.42. The van der Waals surface area contributed by atoms with Crippen molar-refractivity contribution in [3.05, 3.63) is 0 Å². The van der Waals surface area contributed by atoms with Gasteiger partial charge >= 0.3 is 6.03 Å². The number of carbonyl (C=O) groups is 1. The van der Waals surface area contributed by atoms with Crippen LogP contribution in [0.5, 0.6) is 0 Å². The van der Waals surface area contributed by atoms with Gasteiger partial charge in [-0.2, -0.15) is 0 Å². The Bertz CT molecular complexity index is 359. The summed E-state index contributed by atoms with van der Waals surface area (Å²) < 4.78 is 5.56. The summed E-state index contributed by atoms with van der Waals surface area (Å²) in [6.45, 7) is 7.13. The maximum absolute atomic E-state index is 12.3. The number of urea groups is 1. The molecule has 1 aliphatic carbocycles. The molecular weight excluding hydrogens is 244 g/mol. The van der Waals surface area contributed by atoms with E-state index in [0.29, 0.717) is 0 Å². The molecule has 0 spiro atoms. The van der Waals surface area contributed by atoms with Gasteiger partial charge in [-0.1, -0.05) is 13.8 Å². The van der Waals surface area contributed by atoms with Crippen molar-refractivity contribution < 1.29 is 14.6 Å². The number of hydrogen-bond donors (Lipinski definition) is 2. The van der Waals surface area contributed by atoms with Gasteiger partial charge in [0.25, 0.3) is 0 Å². The van der Waals surface area contributed by atoms with Crippen molar-refractivity contribution in [3.63, 3.8) is 0 Å². The molecule has 0 aromatic carbocycles. The SMILES string of the molecule is CO[C@@]1(C)C[C@@H](NC(=O)N2CCC[C@@H]2CO)C1(C)C. The maximum Gasteiger partial charge on any atom is 0.317 e. The van der Waals surface area contributed by atoms with Gasteiger partial charge in [-0.15, -0.1) is 0 Å². The van der Waals surface area contributed by atoms with Gasteiger partial charge < -0.3 is 20.1 Å². The molecule has 19 heavy (non-hydrogen) atoms. The van der Waals surface area contributed by atoms with E-state index in [1.807, 2.05) is 0 Å². The number of aliphatic hydroxyl groups excluding tert-OH is 1. The van der Waals surface area contributed by atoms with Crippen LogP contribution in [0.2, 0.25) is 0 Å². The second-order valence-electron chi connectivity index (χ2n) is 6.53. The molecule has 0 aromatic rings. The van der Waals surface area contributed by atoms with Crippen molar-refractivity contribution in [2.45, 2.75) is 57.7 Å². The summed E-state index contributed by atoms with van der Waals surface area (Å²) in [4.78, 5) is 14.0. The van der Waals surface area contributed by atoms with Crippen LogP contribution in [0.3, 0.4) is 0 Å². The van der Waals surface area contributed by atoms with Crippen LogP contribution in [0, 0.1) is 5.41 Å². The van der Waals surface area contributed by atoms with E-state index >= 15 is 0 Å². The number of carbonyl (C=O) groups excluding carboxylic acids is 1. The number of nitrogens with zero attached hydrogens (tertiary/aromatic N) is 1. The van der Waals surface area contributed by atoms with Crippen molar-refractivity contribution >= 4 is 6.03 Å². The molecule has 2 fully saturated rings. The van der Waals surface area contributed by atoms with E-state index in [1.165, 1.54) is 0 Å². The molecule has 1 aliphatic heterocycles. The maximum atomic E-state index is 12.3. The Morgan fingerprint density at radius 3 is 2.68 bits per heavy atom. The Balaban J connectivity index is 1.94. The number of amides is 2. The van der Waals surface area contributed by atoms with E-state index < -0.39 is 0 Å². The fourth-order valence-corrected chi connectivity index (χ4v) is 3.25. The Kier molecular flexibility index (Phi) is 3.80. The lowest BCUT2D eigenvalue weighted by atomic mass is 9.56. The van der Waals surface area contributed by atoms with Crippen LogP contribution in [-0.2, 0) is 4.74 Å². The van der Waals surface area contributed by atoms with Crippen molar-refractivity contribution in [2.75, 3.05) is 20.3 Å². The first-order valence-corrected chi connectivity index (χ1v) is 7.09. The summed E-state index contributed by atoms with van der Waals surface area (Å²) >= 11 is 0. The second kappa shape index (κ2) is 4.94. The molecule has 1 saturated carbocycles. The highest BCUT2D eigenvalue weighted by Gasteiger charge is 2.58. The summed E-state index contributed by atoms with van der Waals surface area (Å²) in [7, 11) is 1.72. The number of ether oxygens (including phenoxy) is 1. The normalized spacial score (nSPS) is 37.0. The van der Waals surface area contributed by atoms with Crippen LogP contribution in [0.25, 0.3) is 0 Å². The van der Waals surface area contributed by atoms with E-state index in [4.69, 9.17) is 4.74 Å². The molecule has 3 atom stereocenters. The Labute approximate surface area is 115 Å². The van der Waals surface area contributed by atoms with Crippen molar-refractivity contribution in [1.29, 1.82) is 0 Å². The molecule has 5 heteroatoms. The monoisotopic (exact) mass is 270 g/mol. The van der Waals surface area contributed by atoms with Crippen LogP contribution in [0.15, 0.2) is 0 Å². The lowest BCUT2D eigenvalue weighted by molar-refractivity contribution is -0.177. The predicted octanol–water partition coefficient (Wildman–Crippen LogP) is 1.36. The Hall–Kier alpha value is -0.810. The van der Waals surface area contributed by atoms with Gasteiger partial charge in [0.15, 0.2) is 0 Å². The molecule has 2 amide bonds. The van der Waals surface area contributed by atoms with Crippen molar-refractivity contribution in [3.8, 4) is 0 Å². The van der Waals surface area contributed by atoms with E-state index in [1.54, 1.807) is 12.0 Å². The molecule has 5 nitrogen and oxygen atoms in total. The minimum Gasteiger partial charge on any atom is -0.394 e. The molecule has 1 heterocycles. The molecule has 0 aromatic heterocycles. The summed E-state index contributed by atoms with van der Waals surface area (Å²) in [5.74, 6) is 0. The van der Waals surface area contributed by atoms with E-state index in [2.05, 4.69) is 26.1 Å². The standard InChI is InChI=1S/C14H26N2O3/c1-13(2)11(8-14(13,3)19-4)15-12(18)16-7-5-6-10(16)9-17/h10-11,17H,5-9H2,1-4H3,(H,15,18)/t10-,11-,14+/m1/s1. The predicted molar refractivity (Wildman–Crippen MR) is 72.9 cm³/mol. The third kappa shape index (κ3) is 2.23. The molecule has 0 radical (unpaired) electrons. The summed E-state index contributed by atoms with van der Waals surface area (Å²) in [5, 5.41) is 12.4. The zero-order valence-electron chi connectivity index (χ0n) is 12.4.